The summed E-state index contributed by atoms with van der Waals surface area (Å²) in [7, 11) is 0.413. The number of methoxy groups -OCH3 is 1. The van der Waals surface area contributed by atoms with Gasteiger partial charge in [-0.1, -0.05) is 0 Å². The van der Waals surface area contributed by atoms with Gasteiger partial charge in [0.2, 0.25) is 7.28 Å². The van der Waals surface area contributed by atoms with Crippen molar-refractivity contribution >= 4 is 18.2 Å². The fourth-order valence-electron chi connectivity index (χ4n) is 1.99. The Labute approximate surface area is 118 Å². The largest absolute Gasteiger partial charge is 0.494 e. The van der Waals surface area contributed by atoms with E-state index >= 15 is 0 Å². The topological polar surface area (TPSA) is 9.23 Å². The normalized spacial score (nSPS) is 10.6. The molecule has 0 spiro atoms. The van der Waals surface area contributed by atoms with Gasteiger partial charge >= 0.3 is 0 Å². The molecule has 0 aliphatic rings. The Morgan fingerprint density at radius 3 is 2.10 bits per heavy atom. The standard InChI is InChI=1S/C14H10BF5O/c1-6-5-8(17)11(14(20)12(6)18)15-10-7(16)3-4-9(21-2)13(10)19/h3-5,15H,1-2H3. The second-order valence-electron chi connectivity index (χ2n) is 4.50. The third kappa shape index (κ3) is 2.72. The molecule has 0 N–H and O–H groups in total. The minimum Gasteiger partial charge on any atom is -0.494 e. The Kier molecular flexibility index (Phi) is 4.20. The van der Waals surface area contributed by atoms with Crippen LogP contribution in [-0.4, -0.2) is 14.4 Å². The average Bonchev–Trinajstić information content (AvgIpc) is 2.44. The average molecular weight is 300 g/mol. The Bertz CT molecular complexity index is 702. The van der Waals surface area contributed by atoms with E-state index in [1.807, 2.05) is 0 Å². The van der Waals surface area contributed by atoms with Crippen LogP contribution in [0.2, 0.25) is 0 Å². The summed E-state index contributed by atoms with van der Waals surface area (Å²) in [6, 6.07) is 2.75. The van der Waals surface area contributed by atoms with Crippen LogP contribution in [0.25, 0.3) is 0 Å². The van der Waals surface area contributed by atoms with Crippen molar-refractivity contribution in [1.29, 1.82) is 0 Å². The first-order valence-corrected chi connectivity index (χ1v) is 6.00. The van der Waals surface area contributed by atoms with E-state index in [1.165, 1.54) is 14.0 Å². The molecule has 1 nitrogen and oxygen atoms in total. The molecule has 0 atom stereocenters. The minimum atomic E-state index is -1.45. The van der Waals surface area contributed by atoms with Crippen molar-refractivity contribution in [3.8, 4) is 5.75 Å². The molecule has 0 saturated carbocycles. The molecular weight excluding hydrogens is 290 g/mol. The number of hydrogen-bond donors (Lipinski definition) is 0. The maximum Gasteiger partial charge on any atom is 0.208 e. The minimum absolute atomic E-state index is 0.222. The molecule has 0 fully saturated rings. The van der Waals surface area contributed by atoms with Crippen LogP contribution in [0.3, 0.4) is 0 Å². The Morgan fingerprint density at radius 1 is 0.857 bits per heavy atom. The quantitative estimate of drug-likeness (QED) is 0.479. The number of halogens is 5. The van der Waals surface area contributed by atoms with Crippen molar-refractivity contribution in [3.05, 3.63) is 52.8 Å². The molecule has 0 aromatic heterocycles. The smallest absolute Gasteiger partial charge is 0.208 e. The zero-order valence-electron chi connectivity index (χ0n) is 11.2. The van der Waals surface area contributed by atoms with E-state index in [0.29, 0.717) is 0 Å². The lowest BCUT2D eigenvalue weighted by atomic mass is 9.62. The molecule has 0 saturated heterocycles. The first-order valence-electron chi connectivity index (χ1n) is 6.00. The third-order valence-electron chi connectivity index (χ3n) is 3.16. The molecule has 0 aliphatic carbocycles. The van der Waals surface area contributed by atoms with Gasteiger partial charge in [0.05, 0.1) is 7.11 Å². The summed E-state index contributed by atoms with van der Waals surface area (Å²) in [5.41, 5.74) is -1.54. The summed E-state index contributed by atoms with van der Waals surface area (Å²) >= 11 is 0. The van der Waals surface area contributed by atoms with Crippen molar-refractivity contribution in [3.63, 3.8) is 0 Å². The molecular formula is C14H10BF5O. The highest BCUT2D eigenvalue weighted by Crippen LogP contribution is 2.16. The van der Waals surface area contributed by atoms with Gasteiger partial charge in [0.15, 0.2) is 23.2 Å². The lowest BCUT2D eigenvalue weighted by molar-refractivity contribution is 0.386. The van der Waals surface area contributed by atoms with Gasteiger partial charge in [-0.25, -0.2) is 22.0 Å². The van der Waals surface area contributed by atoms with E-state index < -0.39 is 47.3 Å². The Hall–Kier alpha value is -2.05. The predicted octanol–water partition coefficient (Wildman–Crippen LogP) is 2.09. The van der Waals surface area contributed by atoms with Crippen LogP contribution in [0.4, 0.5) is 22.0 Å². The van der Waals surface area contributed by atoms with Gasteiger partial charge in [-0.2, -0.15) is 0 Å². The fourth-order valence-corrected chi connectivity index (χ4v) is 1.99. The molecule has 0 bridgehead atoms. The van der Waals surface area contributed by atoms with E-state index in [-0.39, 0.29) is 11.3 Å². The first kappa shape index (κ1) is 15.3. The van der Waals surface area contributed by atoms with E-state index in [9.17, 15) is 22.0 Å². The molecule has 2 aromatic rings. The van der Waals surface area contributed by atoms with Crippen LogP contribution in [0, 0.1) is 36.0 Å². The van der Waals surface area contributed by atoms with Gasteiger partial charge in [0.25, 0.3) is 0 Å². The lowest BCUT2D eigenvalue weighted by Gasteiger charge is -2.10. The number of aryl methyl sites for hydroxylation is 1. The number of rotatable bonds is 3. The molecule has 21 heavy (non-hydrogen) atoms. The van der Waals surface area contributed by atoms with Crippen LogP contribution in [0.1, 0.15) is 5.56 Å². The van der Waals surface area contributed by atoms with Crippen LogP contribution < -0.4 is 15.7 Å². The van der Waals surface area contributed by atoms with Gasteiger partial charge in [0, 0.05) is 0 Å². The van der Waals surface area contributed by atoms with E-state index in [4.69, 9.17) is 0 Å². The lowest BCUT2D eigenvalue weighted by Crippen LogP contribution is -2.37. The maximum absolute atomic E-state index is 14.0. The van der Waals surface area contributed by atoms with E-state index in [0.717, 1.165) is 18.2 Å². The van der Waals surface area contributed by atoms with Crippen LogP contribution in [0.5, 0.6) is 5.75 Å². The maximum atomic E-state index is 14.0. The summed E-state index contributed by atoms with van der Waals surface area (Å²) in [6.45, 7) is 1.19. The molecule has 0 radical (unpaired) electrons. The SMILES string of the molecule is COc1ccc(F)c(Bc2c(F)cc(C)c(F)c2F)c1F. The van der Waals surface area contributed by atoms with Gasteiger partial charge in [-0.3, -0.25) is 0 Å². The summed E-state index contributed by atoms with van der Waals surface area (Å²) < 4.78 is 73.3. The summed E-state index contributed by atoms with van der Waals surface area (Å²) in [6.07, 6.45) is 0. The Balaban J connectivity index is 2.56. The van der Waals surface area contributed by atoms with Crippen molar-refractivity contribution in [2.75, 3.05) is 7.11 Å². The zero-order chi connectivity index (χ0) is 15.7. The highest BCUT2D eigenvalue weighted by atomic mass is 19.2. The fraction of sp³-hybridized carbons (Fsp3) is 0.143. The number of ether oxygens (including phenoxy) is 1. The monoisotopic (exact) mass is 300 g/mol. The predicted molar refractivity (Wildman–Crippen MR) is 70.4 cm³/mol. The number of hydrogen-bond acceptors (Lipinski definition) is 1. The molecule has 0 amide bonds. The molecule has 110 valence electrons. The van der Waals surface area contributed by atoms with Crippen molar-refractivity contribution in [1.82, 2.24) is 0 Å². The third-order valence-corrected chi connectivity index (χ3v) is 3.16. The van der Waals surface area contributed by atoms with E-state index in [1.54, 1.807) is 0 Å². The van der Waals surface area contributed by atoms with Crippen LogP contribution in [0.15, 0.2) is 18.2 Å². The second kappa shape index (κ2) is 5.75. The molecule has 2 aromatic carbocycles. The van der Waals surface area contributed by atoms with E-state index in [2.05, 4.69) is 4.74 Å². The highest BCUT2D eigenvalue weighted by molar-refractivity contribution is 6.67. The molecule has 0 unspecified atom stereocenters. The Morgan fingerprint density at radius 2 is 1.48 bits per heavy atom. The van der Waals surface area contributed by atoms with Gasteiger partial charge < -0.3 is 4.74 Å². The summed E-state index contributed by atoms with van der Waals surface area (Å²) in [4.78, 5) is 0. The van der Waals surface area contributed by atoms with Crippen LogP contribution in [-0.2, 0) is 0 Å². The van der Waals surface area contributed by atoms with Gasteiger partial charge in [-0.05, 0) is 41.6 Å². The molecule has 7 heteroatoms. The summed E-state index contributed by atoms with van der Waals surface area (Å²) in [5, 5.41) is 0. The first-order chi connectivity index (χ1) is 9.86. The second-order valence-corrected chi connectivity index (χ2v) is 4.50. The number of benzene rings is 2. The molecule has 0 heterocycles. The van der Waals surface area contributed by atoms with Crippen molar-refractivity contribution in [2.45, 2.75) is 6.92 Å². The van der Waals surface area contributed by atoms with Gasteiger partial charge in [-0.15, -0.1) is 0 Å². The zero-order valence-corrected chi connectivity index (χ0v) is 11.2. The van der Waals surface area contributed by atoms with Crippen molar-refractivity contribution < 1.29 is 26.7 Å². The highest BCUT2D eigenvalue weighted by Gasteiger charge is 2.23. The van der Waals surface area contributed by atoms with Crippen molar-refractivity contribution in [2.24, 2.45) is 0 Å². The molecule has 0 aliphatic heterocycles. The molecule has 2 rings (SSSR count). The van der Waals surface area contributed by atoms with Gasteiger partial charge in [0.1, 0.15) is 11.6 Å². The van der Waals surface area contributed by atoms with Crippen LogP contribution >= 0.6 is 0 Å². The summed E-state index contributed by atoms with van der Waals surface area (Å²) in [5.74, 6) is -6.08.